The van der Waals surface area contributed by atoms with E-state index in [-0.39, 0.29) is 11.9 Å². The SMILES string of the molecule is CCNC(Cc1ccc(F)cc1Cl)c1cccc(CC)c1. The average molecular weight is 306 g/mol. The van der Waals surface area contributed by atoms with Gasteiger partial charge in [-0.2, -0.15) is 0 Å². The third-order valence-corrected chi connectivity index (χ3v) is 4.00. The second-order valence-electron chi connectivity index (χ2n) is 5.15. The Labute approximate surface area is 131 Å². The summed E-state index contributed by atoms with van der Waals surface area (Å²) in [5, 5.41) is 3.98. The van der Waals surface area contributed by atoms with Gasteiger partial charge in [0.2, 0.25) is 0 Å². The van der Waals surface area contributed by atoms with Gasteiger partial charge in [0.25, 0.3) is 0 Å². The van der Waals surface area contributed by atoms with E-state index < -0.39 is 0 Å². The number of likely N-dealkylation sites (N-methyl/N-ethyl adjacent to an activating group) is 1. The molecule has 2 aromatic carbocycles. The van der Waals surface area contributed by atoms with E-state index >= 15 is 0 Å². The van der Waals surface area contributed by atoms with E-state index in [4.69, 9.17) is 11.6 Å². The Morgan fingerprint density at radius 2 is 1.95 bits per heavy atom. The molecule has 0 fully saturated rings. The summed E-state index contributed by atoms with van der Waals surface area (Å²) in [5.41, 5.74) is 3.53. The number of halogens is 2. The third kappa shape index (κ3) is 4.29. The second kappa shape index (κ2) is 7.58. The number of rotatable bonds is 6. The predicted molar refractivity (Wildman–Crippen MR) is 87.4 cm³/mol. The monoisotopic (exact) mass is 305 g/mol. The Balaban J connectivity index is 2.25. The van der Waals surface area contributed by atoms with E-state index in [0.29, 0.717) is 5.02 Å². The van der Waals surface area contributed by atoms with Gasteiger partial charge < -0.3 is 5.32 Å². The molecule has 1 nitrogen and oxygen atoms in total. The van der Waals surface area contributed by atoms with E-state index in [1.807, 2.05) is 0 Å². The van der Waals surface area contributed by atoms with E-state index in [0.717, 1.165) is 24.9 Å². The van der Waals surface area contributed by atoms with Crippen LogP contribution >= 0.6 is 11.6 Å². The molecular formula is C18H21ClFN. The van der Waals surface area contributed by atoms with Crippen LogP contribution in [0.2, 0.25) is 5.02 Å². The number of hydrogen-bond acceptors (Lipinski definition) is 1. The van der Waals surface area contributed by atoms with Crippen LogP contribution in [0.25, 0.3) is 0 Å². The largest absolute Gasteiger partial charge is 0.310 e. The van der Waals surface area contributed by atoms with Crippen LogP contribution in [0.1, 0.15) is 36.6 Å². The summed E-state index contributed by atoms with van der Waals surface area (Å²) in [4.78, 5) is 0. The minimum Gasteiger partial charge on any atom is -0.310 e. The molecule has 0 bridgehead atoms. The molecule has 0 aliphatic carbocycles. The zero-order chi connectivity index (χ0) is 15.2. The molecule has 112 valence electrons. The Morgan fingerprint density at radius 1 is 1.14 bits per heavy atom. The Kier molecular flexibility index (Phi) is 5.77. The molecule has 0 saturated carbocycles. The van der Waals surface area contributed by atoms with Gasteiger partial charge in [-0.15, -0.1) is 0 Å². The van der Waals surface area contributed by atoms with Crippen LogP contribution in [0, 0.1) is 5.82 Å². The standard InChI is InChI=1S/C18H21ClFN/c1-3-13-6-5-7-15(10-13)18(21-4-2)11-14-8-9-16(20)12-17(14)19/h5-10,12,18,21H,3-4,11H2,1-2H3. The molecule has 2 aromatic rings. The van der Waals surface area contributed by atoms with Crippen molar-refractivity contribution in [3.05, 3.63) is 70.0 Å². The molecule has 0 saturated heterocycles. The van der Waals surface area contributed by atoms with Crippen LogP contribution in [-0.2, 0) is 12.8 Å². The third-order valence-electron chi connectivity index (χ3n) is 3.65. The van der Waals surface area contributed by atoms with E-state index in [9.17, 15) is 4.39 Å². The average Bonchev–Trinajstić information content (AvgIpc) is 2.49. The molecule has 0 aliphatic rings. The predicted octanol–water partition coefficient (Wildman–Crippen LogP) is 4.93. The Bertz CT molecular complexity index is 598. The molecule has 1 N–H and O–H groups in total. The summed E-state index contributed by atoms with van der Waals surface area (Å²) in [7, 11) is 0. The fraction of sp³-hybridized carbons (Fsp3) is 0.333. The molecule has 0 aliphatic heterocycles. The van der Waals surface area contributed by atoms with Crippen LogP contribution in [-0.4, -0.2) is 6.54 Å². The highest BCUT2D eigenvalue weighted by Crippen LogP contribution is 2.25. The van der Waals surface area contributed by atoms with Crippen LogP contribution < -0.4 is 5.32 Å². The van der Waals surface area contributed by atoms with Gasteiger partial charge in [-0.3, -0.25) is 0 Å². The van der Waals surface area contributed by atoms with Crippen LogP contribution in [0.3, 0.4) is 0 Å². The van der Waals surface area contributed by atoms with Crippen molar-refractivity contribution in [1.29, 1.82) is 0 Å². The van der Waals surface area contributed by atoms with Gasteiger partial charge in [-0.05, 0) is 48.2 Å². The molecule has 1 atom stereocenters. The van der Waals surface area contributed by atoms with Crippen LogP contribution in [0.5, 0.6) is 0 Å². The molecule has 3 heteroatoms. The fourth-order valence-electron chi connectivity index (χ4n) is 2.49. The molecule has 2 rings (SSSR count). The van der Waals surface area contributed by atoms with E-state index in [2.05, 4.69) is 43.4 Å². The van der Waals surface area contributed by atoms with Crippen molar-refractivity contribution >= 4 is 11.6 Å². The number of benzene rings is 2. The zero-order valence-electron chi connectivity index (χ0n) is 12.5. The maximum Gasteiger partial charge on any atom is 0.124 e. The fourth-order valence-corrected chi connectivity index (χ4v) is 2.74. The van der Waals surface area contributed by atoms with Gasteiger partial charge in [-0.25, -0.2) is 4.39 Å². The highest BCUT2D eigenvalue weighted by molar-refractivity contribution is 6.31. The molecule has 0 heterocycles. The summed E-state index contributed by atoms with van der Waals surface area (Å²) >= 11 is 6.15. The molecule has 0 spiro atoms. The molecule has 0 aromatic heterocycles. The van der Waals surface area contributed by atoms with Crippen molar-refractivity contribution in [3.63, 3.8) is 0 Å². The zero-order valence-corrected chi connectivity index (χ0v) is 13.3. The van der Waals surface area contributed by atoms with E-state index in [1.54, 1.807) is 6.07 Å². The minimum absolute atomic E-state index is 0.185. The number of hydrogen-bond donors (Lipinski definition) is 1. The smallest absolute Gasteiger partial charge is 0.124 e. The maximum atomic E-state index is 13.2. The minimum atomic E-state index is -0.295. The van der Waals surface area contributed by atoms with Crippen LogP contribution in [0.15, 0.2) is 42.5 Å². The molecule has 0 amide bonds. The topological polar surface area (TPSA) is 12.0 Å². The van der Waals surface area contributed by atoms with Gasteiger partial charge in [0.1, 0.15) is 5.82 Å². The first-order valence-electron chi connectivity index (χ1n) is 7.40. The van der Waals surface area contributed by atoms with Gasteiger partial charge in [0.15, 0.2) is 0 Å². The van der Waals surface area contributed by atoms with Crippen molar-refractivity contribution in [2.24, 2.45) is 0 Å². The summed E-state index contributed by atoms with van der Waals surface area (Å²) in [6.07, 6.45) is 1.77. The second-order valence-corrected chi connectivity index (χ2v) is 5.56. The summed E-state index contributed by atoms with van der Waals surface area (Å²) in [6.45, 7) is 5.11. The van der Waals surface area contributed by atoms with Gasteiger partial charge in [0.05, 0.1) is 0 Å². The van der Waals surface area contributed by atoms with Crippen molar-refractivity contribution < 1.29 is 4.39 Å². The summed E-state index contributed by atoms with van der Waals surface area (Å²) in [6, 6.07) is 13.4. The summed E-state index contributed by atoms with van der Waals surface area (Å²) in [5.74, 6) is -0.295. The quantitative estimate of drug-likeness (QED) is 0.797. The lowest BCUT2D eigenvalue weighted by atomic mass is 9.96. The van der Waals surface area contributed by atoms with Gasteiger partial charge in [-0.1, -0.05) is 55.8 Å². The van der Waals surface area contributed by atoms with Crippen molar-refractivity contribution in [2.45, 2.75) is 32.7 Å². The Hall–Kier alpha value is -1.38. The summed E-state index contributed by atoms with van der Waals surface area (Å²) < 4.78 is 13.2. The van der Waals surface area contributed by atoms with Crippen molar-refractivity contribution in [3.8, 4) is 0 Å². The molecule has 21 heavy (non-hydrogen) atoms. The van der Waals surface area contributed by atoms with Gasteiger partial charge >= 0.3 is 0 Å². The van der Waals surface area contributed by atoms with Crippen LogP contribution in [0.4, 0.5) is 4.39 Å². The lowest BCUT2D eigenvalue weighted by Gasteiger charge is -2.20. The maximum absolute atomic E-state index is 13.2. The first kappa shape index (κ1) is 16.0. The Morgan fingerprint density at radius 3 is 2.62 bits per heavy atom. The first-order chi connectivity index (χ1) is 10.1. The van der Waals surface area contributed by atoms with E-state index in [1.165, 1.54) is 23.3 Å². The number of nitrogens with one attached hydrogen (secondary N) is 1. The van der Waals surface area contributed by atoms with Crippen molar-refractivity contribution in [1.82, 2.24) is 5.32 Å². The highest BCUT2D eigenvalue weighted by atomic mass is 35.5. The normalized spacial score (nSPS) is 12.4. The number of aryl methyl sites for hydroxylation is 1. The molecular weight excluding hydrogens is 285 g/mol. The van der Waals surface area contributed by atoms with Crippen molar-refractivity contribution in [2.75, 3.05) is 6.54 Å². The first-order valence-corrected chi connectivity index (χ1v) is 7.78. The highest BCUT2D eigenvalue weighted by Gasteiger charge is 2.13. The molecule has 0 radical (unpaired) electrons. The lowest BCUT2D eigenvalue weighted by molar-refractivity contribution is 0.548. The molecule has 1 unspecified atom stereocenters. The lowest BCUT2D eigenvalue weighted by Crippen LogP contribution is -2.23. The van der Waals surface area contributed by atoms with Gasteiger partial charge in [0, 0.05) is 11.1 Å².